The summed E-state index contributed by atoms with van der Waals surface area (Å²) in [5.74, 6) is -0.927. The highest BCUT2D eigenvalue weighted by Crippen LogP contribution is 2.35. The molecule has 1 aromatic heterocycles. The molecule has 1 atom stereocenters. The number of carbonyl (C=O) groups is 2. The van der Waals surface area contributed by atoms with Crippen LogP contribution in [0.3, 0.4) is 0 Å². The largest absolute Gasteiger partial charge is 0.340 e. The fourth-order valence-electron chi connectivity index (χ4n) is 3.19. The molecule has 4 rings (SSSR count). The van der Waals surface area contributed by atoms with Gasteiger partial charge >= 0.3 is 0 Å². The number of halogens is 1. The van der Waals surface area contributed by atoms with Crippen LogP contribution in [0.1, 0.15) is 10.4 Å². The summed E-state index contributed by atoms with van der Waals surface area (Å²) >= 11 is 3.31. The van der Waals surface area contributed by atoms with Crippen LogP contribution >= 0.6 is 15.9 Å². The van der Waals surface area contributed by atoms with Gasteiger partial charge in [-0.05, 0) is 52.3 Å². The summed E-state index contributed by atoms with van der Waals surface area (Å²) in [7, 11) is 0. The molecule has 1 N–H and O–H groups in total. The van der Waals surface area contributed by atoms with Crippen molar-refractivity contribution in [2.75, 3.05) is 16.8 Å². The molecule has 27 heavy (non-hydrogen) atoms. The van der Waals surface area contributed by atoms with E-state index in [-0.39, 0.29) is 18.2 Å². The summed E-state index contributed by atoms with van der Waals surface area (Å²) in [5, 5.41) is 2.75. The van der Waals surface area contributed by atoms with Crippen LogP contribution in [0.25, 0.3) is 0 Å². The number of Topliss-reactive ketones (excluding diaryl/α,β-unsaturated/α-hetero) is 1. The Kier molecular flexibility index (Phi) is 4.73. The molecular weight excluding hydrogens is 406 g/mol. The lowest BCUT2D eigenvalue weighted by atomic mass is 9.90. The number of ketones is 1. The molecule has 2 heterocycles. The molecule has 134 valence electrons. The van der Waals surface area contributed by atoms with Gasteiger partial charge in [-0.1, -0.05) is 30.3 Å². The fraction of sp³-hybridized carbons (Fsp3) is 0.0952. The van der Waals surface area contributed by atoms with Gasteiger partial charge in [0.25, 0.3) is 0 Å². The van der Waals surface area contributed by atoms with E-state index in [1.165, 1.54) is 0 Å². The van der Waals surface area contributed by atoms with Crippen LogP contribution in [0.4, 0.5) is 17.2 Å². The highest BCUT2D eigenvalue weighted by atomic mass is 79.9. The number of nitrogens with one attached hydrogen (secondary N) is 1. The average Bonchev–Trinajstić information content (AvgIpc) is 2.71. The molecule has 1 aliphatic heterocycles. The standard InChI is InChI=1S/C21H16BrN3O2/c22-14-10-11-19(23-12-14)24-21(27)17-13-25(15-6-2-1-3-7-15)18-9-5-4-8-16(18)20(17)26/h1-12,17H,13H2,(H,23,24,27). The van der Waals surface area contributed by atoms with Gasteiger partial charge in [0.1, 0.15) is 11.7 Å². The van der Waals surface area contributed by atoms with Gasteiger partial charge in [-0.25, -0.2) is 4.98 Å². The maximum Gasteiger partial charge on any atom is 0.238 e. The Morgan fingerprint density at radius 3 is 2.52 bits per heavy atom. The Morgan fingerprint density at radius 1 is 1.04 bits per heavy atom. The third-order valence-electron chi connectivity index (χ3n) is 4.50. The van der Waals surface area contributed by atoms with Crippen LogP contribution in [0, 0.1) is 5.92 Å². The number of hydrogen-bond acceptors (Lipinski definition) is 4. The second-order valence-electron chi connectivity index (χ2n) is 6.23. The van der Waals surface area contributed by atoms with Gasteiger partial charge in [0, 0.05) is 28.5 Å². The molecule has 0 fully saturated rings. The van der Waals surface area contributed by atoms with Crippen molar-refractivity contribution in [3.63, 3.8) is 0 Å². The molecule has 1 aliphatic rings. The third-order valence-corrected chi connectivity index (χ3v) is 4.97. The highest BCUT2D eigenvalue weighted by Gasteiger charge is 2.37. The summed E-state index contributed by atoms with van der Waals surface area (Å²) < 4.78 is 0.818. The molecule has 5 nitrogen and oxygen atoms in total. The summed E-state index contributed by atoms with van der Waals surface area (Å²) in [6, 6.07) is 20.6. The van der Waals surface area contributed by atoms with Crippen LogP contribution in [-0.4, -0.2) is 23.2 Å². The van der Waals surface area contributed by atoms with Gasteiger partial charge in [-0.2, -0.15) is 0 Å². The van der Waals surface area contributed by atoms with Crippen molar-refractivity contribution in [3.8, 4) is 0 Å². The summed E-state index contributed by atoms with van der Waals surface area (Å²) in [6.45, 7) is 0.280. The predicted octanol–water partition coefficient (Wildman–Crippen LogP) is 4.43. The molecule has 0 saturated carbocycles. The molecule has 0 spiro atoms. The number of nitrogens with zero attached hydrogens (tertiary/aromatic N) is 2. The van der Waals surface area contributed by atoms with Crippen LogP contribution < -0.4 is 10.2 Å². The SMILES string of the molecule is O=C(Nc1ccc(Br)cn1)C1CN(c2ccccc2)c2ccccc2C1=O. The lowest BCUT2D eigenvalue weighted by Crippen LogP contribution is -2.43. The van der Waals surface area contributed by atoms with Crippen LogP contribution in [0.5, 0.6) is 0 Å². The molecule has 0 aliphatic carbocycles. The first-order chi connectivity index (χ1) is 13.1. The van der Waals surface area contributed by atoms with Gasteiger partial charge in [0.05, 0.1) is 5.69 Å². The van der Waals surface area contributed by atoms with E-state index in [1.54, 1.807) is 24.4 Å². The van der Waals surface area contributed by atoms with Crippen molar-refractivity contribution in [1.82, 2.24) is 4.98 Å². The molecule has 6 heteroatoms. The number of pyridine rings is 1. The van der Waals surface area contributed by atoms with Crippen molar-refractivity contribution >= 4 is 44.8 Å². The quantitative estimate of drug-likeness (QED) is 0.635. The van der Waals surface area contributed by atoms with Crippen molar-refractivity contribution in [3.05, 3.63) is 83.0 Å². The van der Waals surface area contributed by atoms with Gasteiger partial charge < -0.3 is 10.2 Å². The zero-order valence-electron chi connectivity index (χ0n) is 14.3. The van der Waals surface area contributed by atoms with E-state index in [0.29, 0.717) is 11.4 Å². The van der Waals surface area contributed by atoms with Crippen molar-refractivity contribution in [1.29, 1.82) is 0 Å². The van der Waals surface area contributed by atoms with E-state index in [4.69, 9.17) is 0 Å². The number of rotatable bonds is 3. The Morgan fingerprint density at radius 2 is 1.78 bits per heavy atom. The van der Waals surface area contributed by atoms with Crippen LogP contribution in [0.2, 0.25) is 0 Å². The summed E-state index contributed by atoms with van der Waals surface area (Å²) in [6.07, 6.45) is 1.60. The topological polar surface area (TPSA) is 62.3 Å². The first kappa shape index (κ1) is 17.4. The number of hydrogen-bond donors (Lipinski definition) is 1. The Bertz CT molecular complexity index is 990. The minimum Gasteiger partial charge on any atom is -0.340 e. The van der Waals surface area contributed by atoms with E-state index in [2.05, 4.69) is 26.2 Å². The minimum atomic E-state index is -0.814. The molecule has 0 bridgehead atoms. The molecule has 1 unspecified atom stereocenters. The first-order valence-electron chi connectivity index (χ1n) is 8.52. The van der Waals surface area contributed by atoms with Crippen molar-refractivity contribution < 1.29 is 9.59 Å². The Labute approximate surface area is 165 Å². The summed E-state index contributed by atoms with van der Waals surface area (Å²) in [5.41, 5.74) is 2.31. The fourth-order valence-corrected chi connectivity index (χ4v) is 3.42. The number of amides is 1. The number of aromatic nitrogens is 1. The molecule has 0 radical (unpaired) electrons. The number of para-hydroxylation sites is 2. The number of anilines is 3. The first-order valence-corrected chi connectivity index (χ1v) is 9.31. The average molecular weight is 422 g/mol. The van der Waals surface area contributed by atoms with E-state index >= 15 is 0 Å². The lowest BCUT2D eigenvalue weighted by Gasteiger charge is -2.34. The highest BCUT2D eigenvalue weighted by molar-refractivity contribution is 9.10. The van der Waals surface area contributed by atoms with Gasteiger partial charge in [-0.15, -0.1) is 0 Å². The zero-order chi connectivity index (χ0) is 18.8. The van der Waals surface area contributed by atoms with Gasteiger partial charge in [-0.3, -0.25) is 9.59 Å². The smallest absolute Gasteiger partial charge is 0.238 e. The van der Waals surface area contributed by atoms with E-state index in [0.717, 1.165) is 15.8 Å². The lowest BCUT2D eigenvalue weighted by molar-refractivity contribution is -0.118. The van der Waals surface area contributed by atoms with Crippen molar-refractivity contribution in [2.45, 2.75) is 0 Å². The Hall–Kier alpha value is -2.99. The van der Waals surface area contributed by atoms with Gasteiger partial charge in [0.2, 0.25) is 5.91 Å². The number of carbonyl (C=O) groups excluding carboxylic acids is 2. The normalized spacial score (nSPS) is 16.0. The van der Waals surface area contributed by atoms with Crippen LogP contribution in [0.15, 0.2) is 77.4 Å². The van der Waals surface area contributed by atoms with Crippen molar-refractivity contribution in [2.24, 2.45) is 5.92 Å². The number of fused-ring (bicyclic) bond motifs is 1. The molecule has 1 amide bonds. The predicted molar refractivity (Wildman–Crippen MR) is 108 cm³/mol. The zero-order valence-corrected chi connectivity index (χ0v) is 15.9. The van der Waals surface area contributed by atoms with E-state index in [9.17, 15) is 9.59 Å². The molecule has 3 aromatic rings. The molecular formula is C21H16BrN3O2. The molecule has 0 saturated heterocycles. The van der Waals surface area contributed by atoms with E-state index < -0.39 is 5.92 Å². The second-order valence-corrected chi connectivity index (χ2v) is 7.15. The van der Waals surface area contributed by atoms with Crippen LogP contribution in [-0.2, 0) is 4.79 Å². The molecule has 2 aromatic carbocycles. The second kappa shape index (κ2) is 7.32. The maximum atomic E-state index is 13.0. The minimum absolute atomic E-state index is 0.174. The Balaban J connectivity index is 1.67. The third kappa shape index (κ3) is 3.48. The summed E-state index contributed by atoms with van der Waals surface area (Å²) in [4.78, 5) is 32.0. The number of benzene rings is 2. The maximum absolute atomic E-state index is 13.0. The van der Waals surface area contributed by atoms with Gasteiger partial charge in [0.15, 0.2) is 5.78 Å². The van der Waals surface area contributed by atoms with E-state index in [1.807, 2.05) is 53.4 Å². The monoisotopic (exact) mass is 421 g/mol.